The quantitative estimate of drug-likeness (QED) is 0.161. The van der Waals surface area contributed by atoms with Crippen molar-refractivity contribution < 1.29 is 58.2 Å². The lowest BCUT2D eigenvalue weighted by molar-refractivity contribution is -0.221. The molecule has 3 aromatic rings. The molecule has 4 atom stereocenters. The molecule has 3 aromatic carbocycles. The molecular weight excluding hydrogens is 638 g/mol. The summed E-state index contributed by atoms with van der Waals surface area (Å²) in [6, 6.07) is 25.0. The predicted octanol–water partition coefficient (Wildman–Crippen LogP) is 4.49. The van der Waals surface area contributed by atoms with Crippen LogP contribution in [0.3, 0.4) is 0 Å². The molecular formula is C36H39NO12. The molecule has 0 saturated carbocycles. The Bertz CT molecular complexity index is 1620. The van der Waals surface area contributed by atoms with E-state index in [2.05, 4.69) is 0 Å². The van der Waals surface area contributed by atoms with Crippen molar-refractivity contribution in [1.82, 2.24) is 4.90 Å². The molecule has 0 aromatic heterocycles. The summed E-state index contributed by atoms with van der Waals surface area (Å²) in [6.07, 6.45) is -3.55. The molecule has 1 aliphatic rings. The highest BCUT2D eigenvalue weighted by atomic mass is 16.8. The van der Waals surface area contributed by atoms with Gasteiger partial charge in [0.15, 0.2) is 12.2 Å². The topological polar surface area (TPSA) is 186 Å². The highest BCUT2D eigenvalue weighted by Crippen LogP contribution is 2.35. The van der Waals surface area contributed by atoms with Gasteiger partial charge < -0.3 is 39.2 Å². The third-order valence-electron chi connectivity index (χ3n) is 7.86. The number of ether oxygens (including phenoxy) is 4. The van der Waals surface area contributed by atoms with Crippen LogP contribution in [0.25, 0.3) is 0 Å². The minimum Gasteiger partial charge on any atom is -0.479 e. The van der Waals surface area contributed by atoms with Crippen molar-refractivity contribution in [1.29, 1.82) is 0 Å². The average molecular weight is 678 g/mol. The number of carbonyl (C=O) groups excluding carboxylic acids is 2. The Morgan fingerprint density at radius 1 is 0.796 bits per heavy atom. The molecule has 1 amide bonds. The largest absolute Gasteiger partial charge is 0.479 e. The molecule has 1 fully saturated rings. The third-order valence-corrected chi connectivity index (χ3v) is 7.86. The zero-order chi connectivity index (χ0) is 35.9. The Labute approximate surface area is 283 Å². The highest BCUT2D eigenvalue weighted by molar-refractivity contribution is 6.02. The van der Waals surface area contributed by atoms with Crippen molar-refractivity contribution in [2.75, 3.05) is 6.54 Å². The van der Waals surface area contributed by atoms with Crippen LogP contribution in [0, 0.1) is 0 Å². The summed E-state index contributed by atoms with van der Waals surface area (Å²) < 4.78 is 21.5. The number of rotatable bonds is 14. The van der Waals surface area contributed by atoms with Crippen LogP contribution in [-0.2, 0) is 44.6 Å². The van der Waals surface area contributed by atoms with E-state index in [-0.39, 0.29) is 0 Å². The fraction of sp³-hybridized carbons (Fsp3) is 0.361. The normalized spacial score (nSPS) is 18.1. The zero-order valence-corrected chi connectivity index (χ0v) is 27.5. The number of para-hydroxylation sites is 1. The molecule has 0 radical (unpaired) electrons. The van der Waals surface area contributed by atoms with E-state index >= 15 is 0 Å². The van der Waals surface area contributed by atoms with Gasteiger partial charge in [0.2, 0.25) is 0 Å². The van der Waals surface area contributed by atoms with E-state index in [9.17, 15) is 39.3 Å². The maximum atomic E-state index is 14.2. The van der Waals surface area contributed by atoms with Crippen molar-refractivity contribution in [2.24, 2.45) is 0 Å². The summed E-state index contributed by atoms with van der Waals surface area (Å²) >= 11 is 0. The van der Waals surface area contributed by atoms with E-state index in [1.807, 2.05) is 60.7 Å². The average Bonchev–Trinajstić information content (AvgIpc) is 3.48. The van der Waals surface area contributed by atoms with Crippen LogP contribution in [0.1, 0.15) is 51.2 Å². The second kappa shape index (κ2) is 15.3. The van der Waals surface area contributed by atoms with Crippen molar-refractivity contribution in [3.05, 3.63) is 96.1 Å². The van der Waals surface area contributed by atoms with Crippen LogP contribution in [0.5, 0.6) is 11.5 Å². The van der Waals surface area contributed by atoms with Crippen molar-refractivity contribution in [3.63, 3.8) is 0 Å². The monoisotopic (exact) mass is 677 g/mol. The van der Waals surface area contributed by atoms with Gasteiger partial charge in [-0.15, -0.1) is 0 Å². The van der Waals surface area contributed by atoms with Gasteiger partial charge in [-0.3, -0.25) is 9.59 Å². The number of aryl methyl sites for hydroxylation is 1. The van der Waals surface area contributed by atoms with E-state index in [1.54, 1.807) is 52.0 Å². The highest BCUT2D eigenvalue weighted by Gasteiger charge is 2.64. The second-order valence-electron chi connectivity index (χ2n) is 12.6. The van der Waals surface area contributed by atoms with Crippen LogP contribution < -0.4 is 4.74 Å². The second-order valence-corrected chi connectivity index (χ2v) is 12.6. The smallest absolute Gasteiger partial charge is 0.377 e. The van der Waals surface area contributed by atoms with Gasteiger partial charge in [0.1, 0.15) is 23.6 Å². The summed E-state index contributed by atoms with van der Waals surface area (Å²) in [7, 11) is 0. The van der Waals surface area contributed by atoms with E-state index in [0.29, 0.717) is 24.3 Å². The van der Waals surface area contributed by atoms with Crippen LogP contribution in [0.15, 0.2) is 84.9 Å². The molecule has 0 aliphatic carbocycles. The molecule has 1 heterocycles. The molecule has 1 aliphatic heterocycles. The molecule has 4 rings (SSSR count). The fourth-order valence-corrected chi connectivity index (χ4v) is 5.54. The first kappa shape index (κ1) is 36.6. The number of hydrogen-bond donors (Lipinski definition) is 3. The lowest BCUT2D eigenvalue weighted by atomic mass is 9.85. The van der Waals surface area contributed by atoms with E-state index in [1.165, 1.54) is 0 Å². The summed E-state index contributed by atoms with van der Waals surface area (Å²) in [6.45, 7) is 5.85. The third kappa shape index (κ3) is 9.00. The van der Waals surface area contributed by atoms with E-state index in [4.69, 9.17) is 18.9 Å². The fourth-order valence-electron chi connectivity index (χ4n) is 5.54. The first-order valence-corrected chi connectivity index (χ1v) is 15.6. The van der Waals surface area contributed by atoms with Crippen LogP contribution >= 0.6 is 0 Å². The molecule has 3 N–H and O–H groups in total. The molecule has 13 nitrogen and oxygen atoms in total. The minimum absolute atomic E-state index is 0.445. The number of aliphatic carboxylic acids is 3. The maximum Gasteiger partial charge on any atom is 0.377 e. The van der Waals surface area contributed by atoms with Gasteiger partial charge in [0.05, 0.1) is 0 Å². The number of carboxylic acid groups (broad SMARTS) is 3. The Morgan fingerprint density at radius 3 is 1.86 bits per heavy atom. The SMILES string of the molecule is C[C@H]([C@H](CCc1ccccc1)c1ccc(Oc2ccccc2)cc1)N(CC(=O)OC(C)(C)C)C(=O)[C@@H]1OC(C(=O)O)(C(=O)O)O[C@H]1C(=O)O. The molecule has 0 spiro atoms. The summed E-state index contributed by atoms with van der Waals surface area (Å²) in [5.41, 5.74) is 0.795. The van der Waals surface area contributed by atoms with Gasteiger partial charge in [-0.25, -0.2) is 14.4 Å². The van der Waals surface area contributed by atoms with E-state index in [0.717, 1.165) is 16.0 Å². The molecule has 0 unspecified atom stereocenters. The lowest BCUT2D eigenvalue weighted by Crippen LogP contribution is -2.53. The zero-order valence-electron chi connectivity index (χ0n) is 27.5. The Hall–Kier alpha value is -5.27. The first-order chi connectivity index (χ1) is 23.1. The predicted molar refractivity (Wildman–Crippen MR) is 173 cm³/mol. The van der Waals surface area contributed by atoms with Crippen LogP contribution in [-0.4, -0.2) is 86.2 Å². The van der Waals surface area contributed by atoms with Crippen molar-refractivity contribution in [2.45, 2.75) is 76.1 Å². The molecule has 1 saturated heterocycles. The van der Waals surface area contributed by atoms with Crippen molar-refractivity contribution in [3.8, 4) is 11.5 Å². The summed E-state index contributed by atoms with van der Waals surface area (Å²) in [5.74, 6) is -10.9. The molecule has 260 valence electrons. The first-order valence-electron chi connectivity index (χ1n) is 15.6. The molecule has 13 heteroatoms. The number of carboxylic acids is 3. The van der Waals surface area contributed by atoms with Gasteiger partial charge >= 0.3 is 29.7 Å². The standard InChI is InChI=1S/C36H39NO12/c1-22(27(20-15-23-11-7-5-8-12-23)24-16-18-26(19-17-24)46-25-13-9-6-10-14-25)37(21-28(38)47-35(2,3)4)31(39)29-30(32(40)41)49-36(48-29,33(42)43)34(44)45/h5-14,16-19,22,27,29-30H,15,20-21H2,1-4H3,(H,40,41)(H,42,43)(H,44,45)/t22-,27+,29-,30-/m1/s1. The number of esters is 1. The van der Waals surface area contributed by atoms with Gasteiger partial charge in [-0.1, -0.05) is 60.7 Å². The summed E-state index contributed by atoms with van der Waals surface area (Å²) in [5, 5.41) is 29.2. The summed E-state index contributed by atoms with van der Waals surface area (Å²) in [4.78, 5) is 64.6. The van der Waals surface area contributed by atoms with Crippen LogP contribution in [0.4, 0.5) is 0 Å². The Kier molecular flexibility index (Phi) is 11.4. The lowest BCUT2D eigenvalue weighted by Gasteiger charge is -2.37. The maximum absolute atomic E-state index is 14.2. The number of hydrogen-bond acceptors (Lipinski definition) is 9. The van der Waals surface area contributed by atoms with Gasteiger partial charge in [-0.2, -0.15) is 0 Å². The number of nitrogens with zero attached hydrogens (tertiary/aromatic N) is 1. The van der Waals surface area contributed by atoms with E-state index < -0.39 is 71.9 Å². The number of carbonyl (C=O) groups is 5. The number of benzene rings is 3. The van der Waals surface area contributed by atoms with Gasteiger partial charge in [0.25, 0.3) is 5.91 Å². The Balaban J connectivity index is 1.74. The minimum atomic E-state index is -3.47. The van der Waals surface area contributed by atoms with Gasteiger partial charge in [0, 0.05) is 12.0 Å². The Morgan fingerprint density at radius 2 is 1.33 bits per heavy atom. The molecule has 49 heavy (non-hydrogen) atoms. The van der Waals surface area contributed by atoms with Gasteiger partial charge in [-0.05, 0) is 75.9 Å². The molecule has 0 bridgehead atoms. The van der Waals surface area contributed by atoms with Crippen molar-refractivity contribution >= 4 is 29.8 Å². The van der Waals surface area contributed by atoms with Crippen LogP contribution in [0.2, 0.25) is 0 Å². The number of amides is 1.